The highest BCUT2D eigenvalue weighted by Crippen LogP contribution is 2.51. The highest BCUT2D eigenvalue weighted by molar-refractivity contribution is 6.48. The van der Waals surface area contributed by atoms with E-state index in [1.807, 2.05) is 0 Å². The molecule has 3 aliphatic rings. The van der Waals surface area contributed by atoms with Crippen molar-refractivity contribution in [1.82, 2.24) is 0 Å². The van der Waals surface area contributed by atoms with E-state index in [1.54, 1.807) is 6.07 Å². The maximum Gasteiger partial charge on any atom is 0.255 e. The molecule has 0 spiro atoms. The lowest BCUT2D eigenvalue weighted by Gasteiger charge is -2.41. The minimum atomic E-state index is -1.13. The second-order valence-electron chi connectivity index (χ2n) is 7.64. The molecule has 3 atom stereocenters. The highest BCUT2D eigenvalue weighted by Gasteiger charge is 2.50. The number of hydrogen-bond acceptors (Lipinski definition) is 6. The number of Topliss-reactive ketones (excluding diaryl/α,β-unsaturated/α-hetero) is 2. The third-order valence-electron chi connectivity index (χ3n) is 6.06. The van der Waals surface area contributed by atoms with E-state index >= 15 is 0 Å². The van der Waals surface area contributed by atoms with Crippen molar-refractivity contribution >= 4 is 39.9 Å². The molecule has 9 heteroatoms. The van der Waals surface area contributed by atoms with Crippen LogP contribution in [-0.2, 0) is 20.8 Å². The van der Waals surface area contributed by atoms with Crippen LogP contribution in [0, 0.1) is 17.8 Å². The summed E-state index contributed by atoms with van der Waals surface area (Å²) < 4.78 is 0. The minimum Gasteiger partial charge on any atom is -0.511 e. The van der Waals surface area contributed by atoms with Crippen LogP contribution in [0.5, 0.6) is 5.75 Å². The predicted molar refractivity (Wildman–Crippen MR) is 113 cm³/mol. The van der Waals surface area contributed by atoms with E-state index in [-0.39, 0.29) is 42.4 Å². The van der Waals surface area contributed by atoms with E-state index in [0.717, 1.165) is 0 Å². The maximum atomic E-state index is 13.2. The van der Waals surface area contributed by atoms with Crippen molar-refractivity contribution in [2.24, 2.45) is 23.5 Å². The molecule has 0 aromatic heterocycles. The first kappa shape index (κ1) is 21.6. The first-order chi connectivity index (χ1) is 13.6. The van der Waals surface area contributed by atoms with Gasteiger partial charge in [0.15, 0.2) is 11.6 Å². The molecule has 1 fully saturated rings. The van der Waals surface area contributed by atoms with Crippen LogP contribution in [-0.4, -0.2) is 38.3 Å². The normalized spacial score (nSPS) is 25.2. The Bertz CT molecular complexity index is 1100. The molecule has 0 heterocycles. The van der Waals surface area contributed by atoms with Crippen molar-refractivity contribution in [2.75, 3.05) is 0 Å². The number of allylic oxidation sites excluding steroid dienone is 2. The summed E-state index contributed by atoms with van der Waals surface area (Å²) in [4.78, 5) is 37.1. The van der Waals surface area contributed by atoms with Crippen LogP contribution in [0.1, 0.15) is 32.4 Å². The number of carbonyl (C=O) groups is 3. The largest absolute Gasteiger partial charge is 0.511 e. The number of aliphatic hydroxyl groups excluding tert-OH is 2. The van der Waals surface area contributed by atoms with Crippen molar-refractivity contribution in [3.05, 3.63) is 52.3 Å². The number of rotatable bonds is 2. The standard InChI is InChI=1S/C21H18ClNO6.H2O.2H2/c1-7(22)10-2-3-12(24)16-11(10)5-8-4-9-6-13(25)17(21(23)29)20(28)15(9)18(26)14(8)19(16)27;;;/h2-3,8-9,15,24,27-28H,1,4-6H2,(H2,23,29);1H2;2*1H. The van der Waals surface area contributed by atoms with E-state index in [9.17, 15) is 29.7 Å². The molecular formula is C21H24ClNO7. The topological polar surface area (TPSA) is 169 Å². The Morgan fingerprint density at radius 3 is 2.47 bits per heavy atom. The Balaban J connectivity index is 0.00000171. The quantitative estimate of drug-likeness (QED) is 0.516. The molecule has 1 amide bonds. The number of phenols is 1. The summed E-state index contributed by atoms with van der Waals surface area (Å²) in [6, 6.07) is 2.95. The third kappa shape index (κ3) is 2.91. The Kier molecular flexibility index (Phi) is 5.26. The molecule has 4 rings (SSSR count). The van der Waals surface area contributed by atoms with E-state index < -0.39 is 46.6 Å². The van der Waals surface area contributed by atoms with Gasteiger partial charge in [0.05, 0.1) is 11.5 Å². The summed E-state index contributed by atoms with van der Waals surface area (Å²) in [7, 11) is 0. The van der Waals surface area contributed by atoms with Crippen molar-refractivity contribution in [3.63, 3.8) is 0 Å². The summed E-state index contributed by atoms with van der Waals surface area (Å²) in [5.74, 6) is -5.56. The van der Waals surface area contributed by atoms with Gasteiger partial charge in [0.25, 0.3) is 5.91 Å². The van der Waals surface area contributed by atoms with Crippen LogP contribution < -0.4 is 5.73 Å². The first-order valence-electron chi connectivity index (χ1n) is 9.06. The van der Waals surface area contributed by atoms with E-state index in [0.29, 0.717) is 24.0 Å². The van der Waals surface area contributed by atoms with Crippen molar-refractivity contribution in [2.45, 2.75) is 19.3 Å². The first-order valence-corrected chi connectivity index (χ1v) is 9.44. The zero-order chi connectivity index (χ0) is 21.2. The van der Waals surface area contributed by atoms with Gasteiger partial charge < -0.3 is 26.5 Å². The van der Waals surface area contributed by atoms with E-state index in [4.69, 9.17) is 17.3 Å². The second kappa shape index (κ2) is 7.30. The Morgan fingerprint density at radius 2 is 1.87 bits per heavy atom. The number of carbonyl (C=O) groups excluding carboxylic acids is 3. The molecule has 0 aliphatic heterocycles. The van der Waals surface area contributed by atoms with Crippen molar-refractivity contribution in [1.29, 1.82) is 0 Å². The van der Waals surface area contributed by atoms with Crippen LogP contribution in [0.2, 0.25) is 0 Å². The fourth-order valence-corrected chi connectivity index (χ4v) is 5.07. The van der Waals surface area contributed by atoms with Gasteiger partial charge in [-0.1, -0.05) is 18.2 Å². The number of hydrogen-bond donors (Lipinski definition) is 4. The minimum absolute atomic E-state index is 0. The molecule has 30 heavy (non-hydrogen) atoms. The van der Waals surface area contributed by atoms with Crippen LogP contribution in [0.4, 0.5) is 0 Å². The zero-order valence-electron chi connectivity index (χ0n) is 15.7. The van der Waals surface area contributed by atoms with Gasteiger partial charge in [-0.05, 0) is 47.9 Å². The molecule has 1 aromatic carbocycles. The van der Waals surface area contributed by atoms with E-state index in [1.165, 1.54) is 6.07 Å². The van der Waals surface area contributed by atoms with Crippen LogP contribution >= 0.6 is 11.6 Å². The number of fused-ring (bicyclic) bond motifs is 3. The number of nitrogens with two attached hydrogens (primary N) is 1. The average molecular weight is 438 g/mol. The molecule has 0 saturated heterocycles. The number of benzene rings is 1. The van der Waals surface area contributed by atoms with Gasteiger partial charge in [-0.25, -0.2) is 0 Å². The van der Waals surface area contributed by atoms with Crippen LogP contribution in [0.25, 0.3) is 10.8 Å². The number of halogens is 1. The second-order valence-corrected chi connectivity index (χ2v) is 8.10. The van der Waals surface area contributed by atoms with Crippen LogP contribution in [0.15, 0.2) is 35.6 Å². The van der Waals surface area contributed by atoms with Gasteiger partial charge in [-0.3, -0.25) is 14.4 Å². The number of primary amides is 1. The zero-order valence-corrected chi connectivity index (χ0v) is 16.5. The smallest absolute Gasteiger partial charge is 0.255 e. The third-order valence-corrected chi connectivity index (χ3v) is 6.27. The molecule has 7 N–H and O–H groups in total. The van der Waals surface area contributed by atoms with Gasteiger partial charge in [-0.2, -0.15) is 0 Å². The van der Waals surface area contributed by atoms with Gasteiger partial charge in [0.2, 0.25) is 0 Å². The van der Waals surface area contributed by atoms with Gasteiger partial charge in [-0.15, -0.1) is 0 Å². The summed E-state index contributed by atoms with van der Waals surface area (Å²) in [6.45, 7) is 3.71. The van der Waals surface area contributed by atoms with E-state index in [2.05, 4.69) is 6.58 Å². The number of ketones is 2. The molecule has 1 saturated carbocycles. The summed E-state index contributed by atoms with van der Waals surface area (Å²) in [6.07, 6.45) is 0.548. The fourth-order valence-electron chi connectivity index (χ4n) is 4.90. The lowest BCUT2D eigenvalue weighted by molar-refractivity contribution is -0.127. The summed E-state index contributed by atoms with van der Waals surface area (Å²) in [5, 5.41) is 31.9. The van der Waals surface area contributed by atoms with Gasteiger partial charge >= 0.3 is 0 Å². The highest BCUT2D eigenvalue weighted by atomic mass is 35.5. The molecule has 3 aliphatic carbocycles. The lowest BCUT2D eigenvalue weighted by Crippen LogP contribution is -2.44. The Morgan fingerprint density at radius 1 is 1.20 bits per heavy atom. The van der Waals surface area contributed by atoms with Crippen molar-refractivity contribution in [3.8, 4) is 5.75 Å². The molecule has 0 bridgehead atoms. The summed E-state index contributed by atoms with van der Waals surface area (Å²) in [5.41, 5.74) is 5.94. The van der Waals surface area contributed by atoms with Crippen molar-refractivity contribution < 1.29 is 38.0 Å². The molecule has 0 radical (unpaired) electrons. The molecule has 3 unspecified atom stereocenters. The fraction of sp³-hybridized carbons (Fsp3) is 0.286. The monoisotopic (exact) mass is 437 g/mol. The number of amides is 1. The Labute approximate surface area is 179 Å². The number of aromatic hydroxyl groups is 1. The average Bonchev–Trinajstić information content (AvgIpc) is 2.60. The maximum absolute atomic E-state index is 13.2. The van der Waals surface area contributed by atoms with Gasteiger partial charge in [0, 0.05) is 19.9 Å². The molecule has 8 nitrogen and oxygen atoms in total. The number of aliphatic hydroxyl groups is 2. The molecule has 1 aromatic rings. The number of phenolic OH excluding ortho intramolecular Hbond substituents is 1. The predicted octanol–water partition coefficient (Wildman–Crippen LogP) is 2.19. The van der Waals surface area contributed by atoms with Gasteiger partial charge in [0.1, 0.15) is 22.8 Å². The summed E-state index contributed by atoms with van der Waals surface area (Å²) >= 11 is 6.07. The Hall–Kier alpha value is -3.10. The van der Waals surface area contributed by atoms with Crippen LogP contribution in [0.3, 0.4) is 0 Å². The molecular weight excluding hydrogens is 414 g/mol. The lowest BCUT2D eigenvalue weighted by atomic mass is 9.61. The molecule has 162 valence electrons. The SMILES string of the molecule is C=C(Cl)c1ccc(O)c2c1CC1CC3CC(=O)C(C(N)=O)=C(O)C3C(=O)C1=C2O.O.[HH].[HH].